The molecule has 1 rings (SSSR count). The Balaban J connectivity index is 3.02. The molecule has 1 atom stereocenters. The Hall–Kier alpha value is -1.36. The van der Waals surface area contributed by atoms with Crippen LogP contribution >= 0.6 is 0 Å². The summed E-state index contributed by atoms with van der Waals surface area (Å²) in [6, 6.07) is -2.08. The van der Waals surface area contributed by atoms with Gasteiger partial charge < -0.3 is 0 Å². The molecule has 0 amide bonds. The number of hydrogen-bond acceptors (Lipinski definition) is 4. The van der Waals surface area contributed by atoms with E-state index in [0.29, 0.717) is 13.0 Å². The summed E-state index contributed by atoms with van der Waals surface area (Å²) in [5.41, 5.74) is 1.60. The number of nitrogens with one attached hydrogen (secondary N) is 1. The molecule has 122 valence electrons. The maximum absolute atomic E-state index is 12.7. The summed E-state index contributed by atoms with van der Waals surface area (Å²) in [7, 11) is 0. The van der Waals surface area contributed by atoms with Crippen LogP contribution in [0.1, 0.15) is 19.2 Å². The standard InChI is InChI=1S/C10H15F6N5/c1-2-3-21-7(18-5-19-21)4-6(20-17)8(9(11,12)13)10(14,15)16/h5-6,8,20H,2-4,17H2,1H3. The molecule has 11 heteroatoms. The summed E-state index contributed by atoms with van der Waals surface area (Å²) in [6.07, 6.45) is -9.89. The number of nitrogens with zero attached hydrogens (tertiary/aromatic N) is 3. The molecular formula is C10H15F6N5. The SMILES string of the molecule is CCCn1ncnc1CC(NN)C(C(F)(F)F)C(F)(F)F. The van der Waals surface area contributed by atoms with Crippen LogP contribution in [0.5, 0.6) is 0 Å². The van der Waals surface area contributed by atoms with Gasteiger partial charge in [-0.05, 0) is 6.42 Å². The minimum atomic E-state index is -5.47. The Kier molecular flexibility index (Phi) is 5.56. The normalized spacial score (nSPS) is 14.7. The fourth-order valence-electron chi connectivity index (χ4n) is 1.96. The second kappa shape index (κ2) is 6.60. The molecule has 0 fully saturated rings. The molecule has 0 aliphatic carbocycles. The number of aromatic nitrogens is 3. The first-order chi connectivity index (χ1) is 9.61. The van der Waals surface area contributed by atoms with Crippen LogP contribution in [0.2, 0.25) is 0 Å². The number of halogens is 6. The number of nitrogens with two attached hydrogens (primary N) is 1. The number of hydrogen-bond donors (Lipinski definition) is 2. The number of alkyl halides is 6. The lowest BCUT2D eigenvalue weighted by molar-refractivity contribution is -0.291. The van der Waals surface area contributed by atoms with Gasteiger partial charge in [0.1, 0.15) is 12.2 Å². The molecule has 0 saturated heterocycles. The van der Waals surface area contributed by atoms with Crippen molar-refractivity contribution in [1.82, 2.24) is 20.2 Å². The van der Waals surface area contributed by atoms with Gasteiger partial charge >= 0.3 is 12.4 Å². The van der Waals surface area contributed by atoms with Crippen molar-refractivity contribution in [3.05, 3.63) is 12.2 Å². The molecule has 0 aliphatic heterocycles. The van der Waals surface area contributed by atoms with Gasteiger partial charge in [0.2, 0.25) is 0 Å². The third kappa shape index (κ3) is 4.56. The highest BCUT2D eigenvalue weighted by Crippen LogP contribution is 2.41. The molecule has 0 bridgehead atoms. The Bertz CT molecular complexity index is 426. The van der Waals surface area contributed by atoms with Crippen LogP contribution in [-0.2, 0) is 13.0 Å². The predicted molar refractivity (Wildman–Crippen MR) is 60.7 cm³/mol. The van der Waals surface area contributed by atoms with Crippen LogP contribution in [-0.4, -0.2) is 33.2 Å². The maximum atomic E-state index is 12.7. The summed E-state index contributed by atoms with van der Waals surface area (Å²) in [4.78, 5) is 3.69. The zero-order chi connectivity index (χ0) is 16.3. The molecule has 0 saturated carbocycles. The van der Waals surface area contributed by atoms with Gasteiger partial charge in [0.25, 0.3) is 0 Å². The van der Waals surface area contributed by atoms with E-state index in [1.165, 1.54) is 4.68 Å². The highest BCUT2D eigenvalue weighted by molar-refractivity contribution is 4.95. The Morgan fingerprint density at radius 3 is 2.24 bits per heavy atom. The van der Waals surface area contributed by atoms with Gasteiger partial charge in [0.15, 0.2) is 5.92 Å². The van der Waals surface area contributed by atoms with E-state index in [-0.39, 0.29) is 5.82 Å². The zero-order valence-electron chi connectivity index (χ0n) is 11.0. The lowest BCUT2D eigenvalue weighted by Gasteiger charge is -2.29. The average molecular weight is 319 g/mol. The van der Waals surface area contributed by atoms with Gasteiger partial charge in [-0.1, -0.05) is 6.92 Å². The van der Waals surface area contributed by atoms with Crippen molar-refractivity contribution >= 4 is 0 Å². The third-order valence-electron chi connectivity index (χ3n) is 2.86. The zero-order valence-corrected chi connectivity index (χ0v) is 11.0. The summed E-state index contributed by atoms with van der Waals surface area (Å²) in [5, 5.41) is 3.75. The molecule has 1 unspecified atom stereocenters. The molecule has 1 aromatic heterocycles. The molecule has 0 aliphatic rings. The van der Waals surface area contributed by atoms with Crippen molar-refractivity contribution in [2.24, 2.45) is 11.8 Å². The number of aryl methyl sites for hydroxylation is 1. The van der Waals surface area contributed by atoms with E-state index < -0.39 is 30.7 Å². The van der Waals surface area contributed by atoms with Gasteiger partial charge in [-0.25, -0.2) is 4.98 Å². The fraction of sp³-hybridized carbons (Fsp3) is 0.800. The van der Waals surface area contributed by atoms with Gasteiger partial charge in [0, 0.05) is 19.0 Å². The Morgan fingerprint density at radius 2 is 1.81 bits per heavy atom. The van der Waals surface area contributed by atoms with E-state index in [0.717, 1.165) is 6.33 Å². The van der Waals surface area contributed by atoms with Crippen LogP contribution in [0.3, 0.4) is 0 Å². The van der Waals surface area contributed by atoms with Crippen molar-refractivity contribution in [2.45, 2.75) is 44.7 Å². The quantitative estimate of drug-likeness (QED) is 0.477. The van der Waals surface area contributed by atoms with Crippen LogP contribution in [0.15, 0.2) is 6.33 Å². The summed E-state index contributed by atoms with van der Waals surface area (Å²) in [6.45, 7) is 2.13. The molecule has 21 heavy (non-hydrogen) atoms. The van der Waals surface area contributed by atoms with Gasteiger partial charge in [-0.3, -0.25) is 16.0 Å². The summed E-state index contributed by atoms with van der Waals surface area (Å²) in [5.74, 6) is 1.33. The minimum Gasteiger partial charge on any atom is -0.271 e. The number of rotatable bonds is 6. The predicted octanol–water partition coefficient (Wildman–Crippen LogP) is 1.80. The van der Waals surface area contributed by atoms with E-state index in [4.69, 9.17) is 5.84 Å². The molecular weight excluding hydrogens is 304 g/mol. The van der Waals surface area contributed by atoms with Crippen LogP contribution in [0.25, 0.3) is 0 Å². The van der Waals surface area contributed by atoms with Crippen LogP contribution < -0.4 is 11.3 Å². The van der Waals surface area contributed by atoms with E-state index >= 15 is 0 Å². The van der Waals surface area contributed by atoms with Crippen molar-refractivity contribution in [3.63, 3.8) is 0 Å². The lowest BCUT2D eigenvalue weighted by atomic mass is 9.95. The Morgan fingerprint density at radius 1 is 1.24 bits per heavy atom. The van der Waals surface area contributed by atoms with E-state index in [2.05, 4.69) is 10.1 Å². The summed E-state index contributed by atoms with van der Waals surface area (Å²) >= 11 is 0. The van der Waals surface area contributed by atoms with Crippen molar-refractivity contribution in [2.75, 3.05) is 0 Å². The molecule has 3 N–H and O–H groups in total. The monoisotopic (exact) mass is 319 g/mol. The largest absolute Gasteiger partial charge is 0.402 e. The van der Waals surface area contributed by atoms with Crippen molar-refractivity contribution in [1.29, 1.82) is 0 Å². The molecule has 5 nitrogen and oxygen atoms in total. The first-order valence-corrected chi connectivity index (χ1v) is 6.07. The second-order valence-corrected chi connectivity index (χ2v) is 4.44. The molecule has 0 radical (unpaired) electrons. The second-order valence-electron chi connectivity index (χ2n) is 4.44. The molecule has 0 aromatic carbocycles. The van der Waals surface area contributed by atoms with E-state index in [1.807, 2.05) is 0 Å². The molecule has 1 aromatic rings. The minimum absolute atomic E-state index is 0.0123. The van der Waals surface area contributed by atoms with E-state index in [9.17, 15) is 26.3 Å². The highest BCUT2D eigenvalue weighted by Gasteiger charge is 2.60. The van der Waals surface area contributed by atoms with Crippen molar-refractivity contribution in [3.8, 4) is 0 Å². The van der Waals surface area contributed by atoms with Gasteiger partial charge in [-0.2, -0.15) is 31.4 Å². The van der Waals surface area contributed by atoms with Crippen molar-refractivity contribution < 1.29 is 26.3 Å². The topological polar surface area (TPSA) is 68.8 Å². The summed E-state index contributed by atoms with van der Waals surface area (Å²) < 4.78 is 77.3. The fourth-order valence-corrected chi connectivity index (χ4v) is 1.96. The number of hydrazine groups is 1. The van der Waals surface area contributed by atoms with Gasteiger partial charge in [-0.15, -0.1) is 0 Å². The Labute approximate surface area is 116 Å². The smallest absolute Gasteiger partial charge is 0.271 e. The van der Waals surface area contributed by atoms with E-state index in [1.54, 1.807) is 12.3 Å². The lowest BCUT2D eigenvalue weighted by Crippen LogP contribution is -2.54. The average Bonchev–Trinajstić information content (AvgIpc) is 2.72. The van der Waals surface area contributed by atoms with Crippen LogP contribution in [0.4, 0.5) is 26.3 Å². The van der Waals surface area contributed by atoms with Gasteiger partial charge in [0.05, 0.1) is 0 Å². The maximum Gasteiger partial charge on any atom is 0.402 e. The van der Waals surface area contributed by atoms with Crippen LogP contribution in [0, 0.1) is 5.92 Å². The first-order valence-electron chi connectivity index (χ1n) is 6.07. The first kappa shape index (κ1) is 17.7. The molecule has 0 spiro atoms. The highest BCUT2D eigenvalue weighted by atomic mass is 19.4. The third-order valence-corrected chi connectivity index (χ3v) is 2.86. The molecule has 1 heterocycles.